The van der Waals surface area contributed by atoms with Crippen molar-refractivity contribution in [3.63, 3.8) is 0 Å². The molecular weight excluding hydrogens is 324 g/mol. The zero-order valence-corrected chi connectivity index (χ0v) is 14.6. The van der Waals surface area contributed by atoms with Crippen molar-refractivity contribution in [3.05, 3.63) is 46.9 Å². The van der Waals surface area contributed by atoms with Gasteiger partial charge in [-0.15, -0.1) is 11.8 Å². The number of benzene rings is 1. The molecule has 1 aromatic carbocycles. The summed E-state index contributed by atoms with van der Waals surface area (Å²) in [5.41, 5.74) is 0.993. The molecule has 2 atom stereocenters. The molecule has 5 nitrogen and oxygen atoms in total. The maximum atomic E-state index is 12.6. The molecule has 0 aromatic heterocycles. The first-order valence-corrected chi connectivity index (χ1v) is 9.19. The van der Waals surface area contributed by atoms with Gasteiger partial charge in [0.1, 0.15) is 12.6 Å². The van der Waals surface area contributed by atoms with Gasteiger partial charge < -0.3 is 10.1 Å². The standard InChI is InChI=1S/C18H22N2O3S/c1-13(21)19-8-10-24-16-11-15-7-9-20(15)17(16)18(22)23-12-14-5-3-2-4-6-14/h2-6,11,15,17H,7-10,12H2,1H3,(H,19,21). The van der Waals surface area contributed by atoms with E-state index in [9.17, 15) is 9.59 Å². The predicted molar refractivity (Wildman–Crippen MR) is 94.4 cm³/mol. The molecule has 3 rings (SSSR count). The van der Waals surface area contributed by atoms with Crippen LogP contribution in [-0.2, 0) is 20.9 Å². The number of esters is 1. The monoisotopic (exact) mass is 346 g/mol. The summed E-state index contributed by atoms with van der Waals surface area (Å²) in [4.78, 5) is 26.7. The zero-order valence-electron chi connectivity index (χ0n) is 13.7. The van der Waals surface area contributed by atoms with Crippen LogP contribution in [0.2, 0.25) is 0 Å². The minimum absolute atomic E-state index is 0.0290. The number of ether oxygens (including phenoxy) is 1. The molecule has 2 unspecified atom stereocenters. The van der Waals surface area contributed by atoms with Gasteiger partial charge in [-0.05, 0) is 12.0 Å². The summed E-state index contributed by atoms with van der Waals surface area (Å²) in [7, 11) is 0. The molecule has 0 bridgehead atoms. The van der Waals surface area contributed by atoms with Gasteiger partial charge in [-0.3, -0.25) is 9.69 Å². The lowest BCUT2D eigenvalue weighted by atomic mass is 10.1. The Bertz CT molecular complexity index is 632. The predicted octanol–water partition coefficient (Wildman–Crippen LogP) is 1.94. The Morgan fingerprint density at radius 3 is 2.79 bits per heavy atom. The van der Waals surface area contributed by atoms with Gasteiger partial charge in [-0.25, -0.2) is 4.79 Å². The number of thioether (sulfide) groups is 1. The van der Waals surface area contributed by atoms with E-state index in [-0.39, 0.29) is 17.9 Å². The average molecular weight is 346 g/mol. The molecule has 2 aliphatic heterocycles. The van der Waals surface area contributed by atoms with Gasteiger partial charge in [-0.1, -0.05) is 36.4 Å². The van der Waals surface area contributed by atoms with E-state index in [0.29, 0.717) is 19.2 Å². The van der Waals surface area contributed by atoms with Crippen LogP contribution >= 0.6 is 11.8 Å². The Labute approximate surface area is 146 Å². The third-order valence-electron chi connectivity index (χ3n) is 4.26. The first-order valence-electron chi connectivity index (χ1n) is 8.20. The Morgan fingerprint density at radius 1 is 1.33 bits per heavy atom. The van der Waals surface area contributed by atoms with E-state index >= 15 is 0 Å². The Balaban J connectivity index is 1.54. The van der Waals surface area contributed by atoms with Crippen molar-refractivity contribution in [3.8, 4) is 0 Å². The molecule has 2 heterocycles. The van der Waals surface area contributed by atoms with E-state index in [2.05, 4.69) is 16.3 Å². The molecule has 0 saturated carbocycles. The van der Waals surface area contributed by atoms with Crippen LogP contribution in [0.25, 0.3) is 0 Å². The SMILES string of the molecule is CC(=O)NCCSC1=CC2CCN2C1C(=O)OCc1ccccc1. The molecule has 1 amide bonds. The molecule has 0 radical (unpaired) electrons. The summed E-state index contributed by atoms with van der Waals surface area (Å²) in [5.74, 6) is 0.548. The van der Waals surface area contributed by atoms with Crippen LogP contribution in [0.1, 0.15) is 18.9 Å². The highest BCUT2D eigenvalue weighted by Gasteiger charge is 2.45. The number of fused-ring (bicyclic) bond motifs is 1. The zero-order chi connectivity index (χ0) is 16.9. The number of nitrogens with zero attached hydrogens (tertiary/aromatic N) is 1. The van der Waals surface area contributed by atoms with E-state index in [4.69, 9.17) is 4.74 Å². The molecule has 2 aliphatic rings. The van der Waals surface area contributed by atoms with Crippen LogP contribution < -0.4 is 5.32 Å². The van der Waals surface area contributed by atoms with Gasteiger partial charge in [0.05, 0.1) is 0 Å². The van der Waals surface area contributed by atoms with Crippen molar-refractivity contribution in [2.24, 2.45) is 0 Å². The van der Waals surface area contributed by atoms with Crippen LogP contribution in [0.4, 0.5) is 0 Å². The first kappa shape index (κ1) is 17.0. The number of carbonyl (C=O) groups excluding carboxylic acids is 2. The van der Waals surface area contributed by atoms with Crippen molar-refractivity contribution >= 4 is 23.6 Å². The van der Waals surface area contributed by atoms with Crippen LogP contribution in [0.3, 0.4) is 0 Å². The first-order chi connectivity index (χ1) is 11.6. The number of amides is 1. The van der Waals surface area contributed by atoms with Crippen molar-refractivity contribution in [1.82, 2.24) is 10.2 Å². The van der Waals surface area contributed by atoms with E-state index in [1.807, 2.05) is 30.3 Å². The summed E-state index contributed by atoms with van der Waals surface area (Å²) in [6.07, 6.45) is 3.27. The lowest BCUT2D eigenvalue weighted by Crippen LogP contribution is -2.51. The second kappa shape index (κ2) is 7.85. The highest BCUT2D eigenvalue weighted by Crippen LogP contribution is 2.38. The minimum atomic E-state index is -0.283. The van der Waals surface area contributed by atoms with E-state index < -0.39 is 0 Å². The quantitative estimate of drug-likeness (QED) is 0.604. The summed E-state index contributed by atoms with van der Waals surface area (Å²) in [5, 5.41) is 2.78. The Morgan fingerprint density at radius 2 is 2.12 bits per heavy atom. The summed E-state index contributed by atoms with van der Waals surface area (Å²) >= 11 is 1.64. The van der Waals surface area contributed by atoms with Gasteiger partial charge in [0.25, 0.3) is 0 Å². The van der Waals surface area contributed by atoms with Crippen LogP contribution in [0.5, 0.6) is 0 Å². The van der Waals surface area contributed by atoms with Gasteiger partial charge in [-0.2, -0.15) is 0 Å². The van der Waals surface area contributed by atoms with Crippen molar-refractivity contribution < 1.29 is 14.3 Å². The van der Waals surface area contributed by atoms with Crippen molar-refractivity contribution in [2.75, 3.05) is 18.8 Å². The van der Waals surface area contributed by atoms with Gasteiger partial charge in [0.2, 0.25) is 5.91 Å². The number of rotatable bonds is 7. The highest BCUT2D eigenvalue weighted by molar-refractivity contribution is 8.03. The fraction of sp³-hybridized carbons (Fsp3) is 0.444. The molecule has 6 heteroatoms. The smallest absolute Gasteiger partial charge is 0.328 e. The average Bonchev–Trinajstić information content (AvgIpc) is 2.81. The Kier molecular flexibility index (Phi) is 5.58. The molecule has 1 saturated heterocycles. The third-order valence-corrected chi connectivity index (χ3v) is 5.36. The number of carbonyl (C=O) groups is 2. The molecule has 1 aromatic rings. The fourth-order valence-electron chi connectivity index (χ4n) is 2.95. The van der Waals surface area contributed by atoms with E-state index in [1.165, 1.54) is 6.92 Å². The van der Waals surface area contributed by atoms with E-state index in [0.717, 1.165) is 29.2 Å². The normalized spacial score (nSPS) is 22.3. The maximum absolute atomic E-state index is 12.6. The molecular formula is C18H22N2O3S. The Hall–Kier alpha value is -1.79. The molecule has 1 fully saturated rings. The minimum Gasteiger partial charge on any atom is -0.459 e. The molecule has 1 N–H and O–H groups in total. The van der Waals surface area contributed by atoms with Crippen molar-refractivity contribution in [2.45, 2.75) is 32.0 Å². The second-order valence-electron chi connectivity index (χ2n) is 5.99. The van der Waals surface area contributed by atoms with Gasteiger partial charge >= 0.3 is 5.97 Å². The summed E-state index contributed by atoms with van der Waals surface area (Å²) < 4.78 is 5.53. The lowest BCUT2D eigenvalue weighted by molar-refractivity contribution is -0.151. The molecule has 128 valence electrons. The van der Waals surface area contributed by atoms with Gasteiger partial charge in [0, 0.05) is 36.7 Å². The van der Waals surface area contributed by atoms with E-state index in [1.54, 1.807) is 11.8 Å². The summed E-state index contributed by atoms with van der Waals surface area (Å²) in [6.45, 7) is 3.35. The maximum Gasteiger partial charge on any atom is 0.328 e. The molecule has 0 aliphatic carbocycles. The number of hydrogen-bond acceptors (Lipinski definition) is 5. The van der Waals surface area contributed by atoms with Crippen LogP contribution in [-0.4, -0.2) is 47.7 Å². The molecule has 0 spiro atoms. The van der Waals surface area contributed by atoms with Crippen molar-refractivity contribution in [1.29, 1.82) is 0 Å². The topological polar surface area (TPSA) is 58.6 Å². The van der Waals surface area contributed by atoms with Crippen LogP contribution in [0.15, 0.2) is 41.3 Å². The third kappa shape index (κ3) is 3.99. The van der Waals surface area contributed by atoms with Gasteiger partial charge in [0.15, 0.2) is 0 Å². The second-order valence-corrected chi connectivity index (χ2v) is 7.16. The largest absolute Gasteiger partial charge is 0.459 e. The molecule has 24 heavy (non-hydrogen) atoms. The fourth-order valence-corrected chi connectivity index (χ4v) is 4.04. The lowest BCUT2D eigenvalue weighted by Gasteiger charge is -2.38. The summed E-state index contributed by atoms with van der Waals surface area (Å²) in [6, 6.07) is 9.80. The highest BCUT2D eigenvalue weighted by atomic mass is 32.2. The number of hydrogen-bond donors (Lipinski definition) is 1. The van der Waals surface area contributed by atoms with Crippen LogP contribution in [0, 0.1) is 0 Å². The number of nitrogens with one attached hydrogen (secondary N) is 1.